The van der Waals surface area contributed by atoms with Crippen LogP contribution in [0.4, 0.5) is 5.69 Å². The van der Waals surface area contributed by atoms with Crippen LogP contribution in [0.5, 0.6) is 11.5 Å². The molecule has 1 atom stereocenters. The van der Waals surface area contributed by atoms with Crippen LogP contribution in [0.25, 0.3) is 0 Å². The largest absolute Gasteiger partial charge is 0.496 e. The molecule has 134 valence electrons. The number of amides is 1. The maximum Gasteiger partial charge on any atom is 0.238 e. The van der Waals surface area contributed by atoms with Gasteiger partial charge in [0.1, 0.15) is 11.5 Å². The van der Waals surface area contributed by atoms with Crippen LogP contribution >= 0.6 is 15.9 Å². The number of methoxy groups -OCH3 is 1. The van der Waals surface area contributed by atoms with E-state index in [4.69, 9.17) is 9.47 Å². The molecule has 2 rings (SSSR count). The van der Waals surface area contributed by atoms with E-state index < -0.39 is 0 Å². The highest BCUT2D eigenvalue weighted by atomic mass is 79.9. The highest BCUT2D eigenvalue weighted by Crippen LogP contribution is 2.27. The summed E-state index contributed by atoms with van der Waals surface area (Å²) in [5.41, 5.74) is 1.82. The van der Waals surface area contributed by atoms with Gasteiger partial charge in [-0.3, -0.25) is 4.79 Å². The van der Waals surface area contributed by atoms with Crippen LogP contribution < -0.4 is 20.1 Å². The summed E-state index contributed by atoms with van der Waals surface area (Å²) in [6.07, 6.45) is 0. The minimum atomic E-state index is -0.0939. The Balaban J connectivity index is 1.85. The van der Waals surface area contributed by atoms with Crippen molar-refractivity contribution < 1.29 is 14.3 Å². The zero-order valence-corrected chi connectivity index (χ0v) is 16.2. The molecule has 0 bridgehead atoms. The molecule has 2 aromatic rings. The van der Waals surface area contributed by atoms with Crippen LogP contribution in [0.3, 0.4) is 0 Å². The van der Waals surface area contributed by atoms with Gasteiger partial charge in [0.05, 0.1) is 24.7 Å². The predicted octanol–water partition coefficient (Wildman–Crippen LogP) is 4.15. The van der Waals surface area contributed by atoms with Crippen LogP contribution in [-0.2, 0) is 4.79 Å². The molecule has 0 unspecified atom stereocenters. The first kappa shape index (κ1) is 19.3. The van der Waals surface area contributed by atoms with Gasteiger partial charge in [0, 0.05) is 11.7 Å². The van der Waals surface area contributed by atoms with Gasteiger partial charge in [0.15, 0.2) is 0 Å². The lowest BCUT2D eigenvalue weighted by molar-refractivity contribution is -0.115. The van der Waals surface area contributed by atoms with Gasteiger partial charge in [-0.1, -0.05) is 6.07 Å². The minimum absolute atomic E-state index is 0.0355. The second-order valence-electron chi connectivity index (χ2n) is 5.50. The molecular weight excluding hydrogens is 384 g/mol. The number of carbonyl (C=O) groups is 1. The topological polar surface area (TPSA) is 59.6 Å². The summed E-state index contributed by atoms with van der Waals surface area (Å²) in [7, 11) is 1.63. The summed E-state index contributed by atoms with van der Waals surface area (Å²) in [4.78, 5) is 12.1. The Morgan fingerprint density at radius 1 is 1.20 bits per heavy atom. The van der Waals surface area contributed by atoms with Crippen molar-refractivity contribution in [2.24, 2.45) is 0 Å². The molecule has 2 N–H and O–H groups in total. The molecule has 5 nitrogen and oxygen atoms in total. The Kier molecular flexibility index (Phi) is 7.28. The lowest BCUT2D eigenvalue weighted by atomic mass is 10.1. The van der Waals surface area contributed by atoms with Crippen LogP contribution in [0.1, 0.15) is 25.5 Å². The van der Waals surface area contributed by atoms with Crippen molar-refractivity contribution in [3.8, 4) is 11.5 Å². The van der Waals surface area contributed by atoms with E-state index in [0.29, 0.717) is 6.61 Å². The molecule has 0 aliphatic carbocycles. The van der Waals surface area contributed by atoms with E-state index in [9.17, 15) is 4.79 Å². The third-order valence-corrected chi connectivity index (χ3v) is 4.31. The SMILES string of the molecule is CCOc1ccc(NC(=O)CN[C@H](C)c2ccc(OC)c(Br)c2)cc1. The fraction of sp³-hybridized carbons (Fsp3) is 0.316. The number of anilines is 1. The average molecular weight is 407 g/mol. The van der Waals surface area contributed by atoms with Gasteiger partial charge in [0.25, 0.3) is 0 Å². The standard InChI is InChI=1S/C19H23BrN2O3/c1-4-25-16-8-6-15(7-9-16)22-19(23)12-21-13(2)14-5-10-18(24-3)17(20)11-14/h5-11,13,21H,4,12H2,1-3H3,(H,22,23)/t13-/m1/s1. The van der Waals surface area contributed by atoms with Crippen molar-refractivity contribution in [1.82, 2.24) is 5.32 Å². The fourth-order valence-corrected chi connectivity index (χ4v) is 2.88. The van der Waals surface area contributed by atoms with Crippen LogP contribution in [-0.4, -0.2) is 26.2 Å². The van der Waals surface area contributed by atoms with Crippen LogP contribution in [0, 0.1) is 0 Å². The monoisotopic (exact) mass is 406 g/mol. The lowest BCUT2D eigenvalue weighted by Gasteiger charge is -2.15. The van der Waals surface area contributed by atoms with E-state index in [-0.39, 0.29) is 18.5 Å². The third-order valence-electron chi connectivity index (χ3n) is 3.69. The molecule has 2 aromatic carbocycles. The van der Waals surface area contributed by atoms with Gasteiger partial charge in [-0.2, -0.15) is 0 Å². The molecular formula is C19H23BrN2O3. The minimum Gasteiger partial charge on any atom is -0.496 e. The Morgan fingerprint density at radius 2 is 1.92 bits per heavy atom. The van der Waals surface area contributed by atoms with Crippen molar-refractivity contribution in [3.05, 3.63) is 52.5 Å². The van der Waals surface area contributed by atoms with E-state index in [1.807, 2.05) is 56.3 Å². The predicted molar refractivity (Wildman–Crippen MR) is 103 cm³/mol. The van der Waals surface area contributed by atoms with E-state index in [1.165, 1.54) is 0 Å². The normalized spacial score (nSPS) is 11.7. The van der Waals surface area contributed by atoms with Gasteiger partial charge >= 0.3 is 0 Å². The first-order valence-electron chi connectivity index (χ1n) is 8.13. The number of nitrogens with one attached hydrogen (secondary N) is 2. The summed E-state index contributed by atoms with van der Waals surface area (Å²) >= 11 is 3.47. The number of rotatable bonds is 8. The highest BCUT2D eigenvalue weighted by Gasteiger charge is 2.10. The Labute approximate surface area is 156 Å². The maximum atomic E-state index is 12.1. The van der Waals surface area contributed by atoms with Gasteiger partial charge in [-0.25, -0.2) is 0 Å². The maximum absolute atomic E-state index is 12.1. The molecule has 0 fully saturated rings. The van der Waals surface area contributed by atoms with E-state index >= 15 is 0 Å². The molecule has 6 heteroatoms. The highest BCUT2D eigenvalue weighted by molar-refractivity contribution is 9.10. The van der Waals surface area contributed by atoms with Crippen molar-refractivity contribution >= 4 is 27.5 Å². The molecule has 0 heterocycles. The molecule has 0 aliphatic rings. The molecule has 1 amide bonds. The van der Waals surface area contributed by atoms with Crippen LogP contribution in [0.15, 0.2) is 46.9 Å². The molecule has 0 saturated carbocycles. The number of hydrogen-bond donors (Lipinski definition) is 2. The quantitative estimate of drug-likeness (QED) is 0.691. The summed E-state index contributed by atoms with van der Waals surface area (Å²) in [5.74, 6) is 1.48. The fourth-order valence-electron chi connectivity index (χ4n) is 2.32. The first-order valence-corrected chi connectivity index (χ1v) is 8.92. The molecule has 0 radical (unpaired) electrons. The second kappa shape index (κ2) is 9.44. The van der Waals surface area contributed by atoms with Gasteiger partial charge in [-0.15, -0.1) is 0 Å². The van der Waals surface area contributed by atoms with Gasteiger partial charge < -0.3 is 20.1 Å². The van der Waals surface area contributed by atoms with E-state index in [0.717, 1.165) is 27.2 Å². The number of hydrogen-bond acceptors (Lipinski definition) is 4. The molecule has 0 aliphatic heterocycles. The molecule has 0 saturated heterocycles. The summed E-state index contributed by atoms with van der Waals surface area (Å²) < 4.78 is 11.5. The molecule has 0 spiro atoms. The summed E-state index contributed by atoms with van der Waals surface area (Å²) in [5, 5.41) is 6.08. The second-order valence-corrected chi connectivity index (χ2v) is 6.36. The summed E-state index contributed by atoms with van der Waals surface area (Å²) in [6, 6.07) is 13.2. The van der Waals surface area contributed by atoms with Crippen molar-refractivity contribution in [2.75, 3.05) is 25.6 Å². The Hall–Kier alpha value is -2.05. The number of carbonyl (C=O) groups excluding carboxylic acids is 1. The smallest absolute Gasteiger partial charge is 0.238 e. The van der Waals surface area contributed by atoms with Crippen LogP contribution in [0.2, 0.25) is 0 Å². The number of benzene rings is 2. The average Bonchev–Trinajstić information content (AvgIpc) is 2.61. The number of halogens is 1. The first-order chi connectivity index (χ1) is 12.0. The van der Waals surface area contributed by atoms with Gasteiger partial charge in [0.2, 0.25) is 5.91 Å². The zero-order chi connectivity index (χ0) is 18.2. The van der Waals surface area contributed by atoms with Crippen molar-refractivity contribution in [3.63, 3.8) is 0 Å². The third kappa shape index (κ3) is 5.76. The zero-order valence-electron chi connectivity index (χ0n) is 14.6. The lowest BCUT2D eigenvalue weighted by Crippen LogP contribution is -2.30. The van der Waals surface area contributed by atoms with E-state index in [1.54, 1.807) is 7.11 Å². The van der Waals surface area contributed by atoms with Gasteiger partial charge in [-0.05, 0) is 71.7 Å². The Bertz CT molecular complexity index is 704. The molecule has 25 heavy (non-hydrogen) atoms. The number of ether oxygens (including phenoxy) is 2. The molecule has 0 aromatic heterocycles. The Morgan fingerprint density at radius 3 is 2.52 bits per heavy atom. The summed E-state index contributed by atoms with van der Waals surface area (Å²) in [6.45, 7) is 4.79. The van der Waals surface area contributed by atoms with Crippen molar-refractivity contribution in [1.29, 1.82) is 0 Å². The van der Waals surface area contributed by atoms with E-state index in [2.05, 4.69) is 26.6 Å². The van der Waals surface area contributed by atoms with Crippen molar-refractivity contribution in [2.45, 2.75) is 19.9 Å².